The highest BCUT2D eigenvalue weighted by Gasteiger charge is 2.34. The molecule has 1 amide bonds. The van der Waals surface area contributed by atoms with Gasteiger partial charge in [0.05, 0.1) is 5.75 Å². The highest BCUT2D eigenvalue weighted by Crippen LogP contribution is 2.36. The Morgan fingerprint density at radius 2 is 2.06 bits per heavy atom. The lowest BCUT2D eigenvalue weighted by molar-refractivity contribution is -0.118. The molecule has 3 nitrogen and oxygen atoms in total. The van der Waals surface area contributed by atoms with E-state index < -0.39 is 0 Å². The van der Waals surface area contributed by atoms with Crippen LogP contribution in [0.4, 0.5) is 0 Å². The van der Waals surface area contributed by atoms with E-state index in [0.29, 0.717) is 23.0 Å². The van der Waals surface area contributed by atoms with Crippen molar-refractivity contribution in [2.24, 2.45) is 11.8 Å². The van der Waals surface area contributed by atoms with E-state index >= 15 is 0 Å². The zero-order valence-electron chi connectivity index (χ0n) is 12.2. The molecular formula is C14H28N2OS. The van der Waals surface area contributed by atoms with Gasteiger partial charge in [-0.3, -0.25) is 4.79 Å². The van der Waals surface area contributed by atoms with Crippen LogP contribution in [0.25, 0.3) is 0 Å². The lowest BCUT2D eigenvalue weighted by atomic mass is 9.80. The quantitative estimate of drug-likeness (QED) is 0.779. The second kappa shape index (κ2) is 8.05. The molecule has 106 valence electrons. The third kappa shape index (κ3) is 4.81. The second-order valence-electron chi connectivity index (χ2n) is 5.56. The molecule has 1 rings (SSSR count). The van der Waals surface area contributed by atoms with E-state index in [2.05, 4.69) is 31.4 Å². The number of nitrogens with one attached hydrogen (secondary N) is 2. The summed E-state index contributed by atoms with van der Waals surface area (Å²) in [6, 6.07) is 0.568. The summed E-state index contributed by atoms with van der Waals surface area (Å²) in [5.41, 5.74) is 0. The average Bonchev–Trinajstić information content (AvgIpc) is 2.34. The molecule has 0 radical (unpaired) electrons. The molecule has 0 aliphatic heterocycles. The van der Waals surface area contributed by atoms with Gasteiger partial charge >= 0.3 is 0 Å². The summed E-state index contributed by atoms with van der Waals surface area (Å²) >= 11 is 1.82. The zero-order valence-corrected chi connectivity index (χ0v) is 13.0. The summed E-state index contributed by atoms with van der Waals surface area (Å²) in [4.78, 5) is 11.4. The molecule has 1 fully saturated rings. The molecule has 1 aliphatic rings. The zero-order chi connectivity index (χ0) is 13.5. The molecule has 0 aromatic heterocycles. The minimum absolute atomic E-state index is 0.139. The summed E-state index contributed by atoms with van der Waals surface area (Å²) < 4.78 is 0. The van der Waals surface area contributed by atoms with E-state index in [-0.39, 0.29) is 5.91 Å². The van der Waals surface area contributed by atoms with Crippen molar-refractivity contribution in [2.75, 3.05) is 19.3 Å². The Balaban J connectivity index is 2.53. The summed E-state index contributed by atoms with van der Waals surface area (Å²) in [6.07, 6.45) is 3.71. The van der Waals surface area contributed by atoms with Gasteiger partial charge in [0.2, 0.25) is 5.91 Å². The third-order valence-electron chi connectivity index (χ3n) is 3.73. The molecular weight excluding hydrogens is 244 g/mol. The maximum Gasteiger partial charge on any atom is 0.229 e. The fourth-order valence-electron chi connectivity index (χ4n) is 2.88. The summed E-state index contributed by atoms with van der Waals surface area (Å²) in [5, 5.41) is 6.95. The Kier molecular flexibility index (Phi) is 7.08. The van der Waals surface area contributed by atoms with Crippen molar-refractivity contribution in [3.8, 4) is 0 Å². The van der Waals surface area contributed by atoms with Crippen LogP contribution in [0.15, 0.2) is 0 Å². The molecule has 1 saturated carbocycles. The van der Waals surface area contributed by atoms with Crippen LogP contribution in [-0.2, 0) is 4.79 Å². The lowest BCUT2D eigenvalue weighted by Gasteiger charge is -2.39. The first kappa shape index (κ1) is 15.8. The van der Waals surface area contributed by atoms with Crippen LogP contribution < -0.4 is 10.6 Å². The van der Waals surface area contributed by atoms with Gasteiger partial charge in [0.15, 0.2) is 0 Å². The minimum atomic E-state index is 0.139. The number of carbonyl (C=O) groups excluding carboxylic acids is 1. The summed E-state index contributed by atoms with van der Waals surface area (Å²) in [7, 11) is 1.71. The maximum absolute atomic E-state index is 11.4. The van der Waals surface area contributed by atoms with E-state index in [1.54, 1.807) is 7.05 Å². The molecule has 0 aromatic rings. The van der Waals surface area contributed by atoms with Gasteiger partial charge in [-0.25, -0.2) is 0 Å². The number of hydrogen-bond acceptors (Lipinski definition) is 3. The monoisotopic (exact) mass is 272 g/mol. The van der Waals surface area contributed by atoms with Gasteiger partial charge in [-0.05, 0) is 37.6 Å². The van der Waals surface area contributed by atoms with E-state index in [0.717, 1.165) is 12.5 Å². The van der Waals surface area contributed by atoms with Crippen molar-refractivity contribution in [3.05, 3.63) is 0 Å². The van der Waals surface area contributed by atoms with Crippen LogP contribution in [0.2, 0.25) is 0 Å². The van der Waals surface area contributed by atoms with Crippen molar-refractivity contribution >= 4 is 17.7 Å². The fraction of sp³-hybridized carbons (Fsp3) is 0.929. The summed E-state index contributed by atoms with van der Waals surface area (Å²) in [6.45, 7) is 7.96. The van der Waals surface area contributed by atoms with E-state index in [1.165, 1.54) is 19.3 Å². The fourth-order valence-corrected chi connectivity index (χ4v) is 4.25. The van der Waals surface area contributed by atoms with Gasteiger partial charge < -0.3 is 10.6 Å². The van der Waals surface area contributed by atoms with Crippen molar-refractivity contribution in [3.63, 3.8) is 0 Å². The normalized spacial score (nSPS) is 32.2. The van der Waals surface area contributed by atoms with Gasteiger partial charge in [-0.1, -0.05) is 20.8 Å². The van der Waals surface area contributed by atoms with Gasteiger partial charge in [0, 0.05) is 18.3 Å². The number of amides is 1. The predicted molar refractivity (Wildman–Crippen MR) is 80.0 cm³/mol. The molecule has 0 saturated heterocycles. The molecule has 4 heteroatoms. The van der Waals surface area contributed by atoms with Gasteiger partial charge in [-0.2, -0.15) is 0 Å². The molecule has 0 spiro atoms. The van der Waals surface area contributed by atoms with Crippen LogP contribution >= 0.6 is 11.8 Å². The van der Waals surface area contributed by atoms with Crippen molar-refractivity contribution in [1.82, 2.24) is 10.6 Å². The van der Waals surface area contributed by atoms with Gasteiger partial charge in [0.1, 0.15) is 0 Å². The molecule has 4 atom stereocenters. The van der Waals surface area contributed by atoms with Gasteiger partial charge in [-0.15, -0.1) is 11.8 Å². The van der Waals surface area contributed by atoms with E-state index in [1.807, 2.05) is 11.8 Å². The van der Waals surface area contributed by atoms with Crippen LogP contribution in [0.5, 0.6) is 0 Å². The van der Waals surface area contributed by atoms with E-state index in [4.69, 9.17) is 0 Å². The second-order valence-corrected chi connectivity index (χ2v) is 6.73. The molecule has 4 unspecified atom stereocenters. The Bertz CT molecular complexity index is 260. The molecule has 0 heterocycles. The van der Waals surface area contributed by atoms with Gasteiger partial charge in [0.25, 0.3) is 0 Å². The van der Waals surface area contributed by atoms with Crippen LogP contribution in [0, 0.1) is 11.8 Å². The van der Waals surface area contributed by atoms with Crippen LogP contribution in [0.1, 0.15) is 40.0 Å². The van der Waals surface area contributed by atoms with Crippen LogP contribution in [-0.4, -0.2) is 36.5 Å². The third-order valence-corrected chi connectivity index (χ3v) is 5.34. The maximum atomic E-state index is 11.4. The predicted octanol–water partition coefficient (Wildman–Crippen LogP) is 2.27. The first-order chi connectivity index (χ1) is 8.58. The molecule has 2 N–H and O–H groups in total. The largest absolute Gasteiger partial charge is 0.358 e. The molecule has 0 aromatic carbocycles. The Morgan fingerprint density at radius 3 is 2.67 bits per heavy atom. The first-order valence-electron chi connectivity index (χ1n) is 7.14. The average molecular weight is 272 g/mol. The minimum Gasteiger partial charge on any atom is -0.358 e. The standard InChI is InChI=1S/C14H28N2OS/c1-5-6-16-12-8-10(2)7-11(3)14(12)18-9-13(17)15-4/h10-12,14,16H,5-9H2,1-4H3,(H,15,17). The number of hydrogen-bond donors (Lipinski definition) is 2. The summed E-state index contributed by atoms with van der Waals surface area (Å²) in [5.74, 6) is 2.22. The number of rotatable bonds is 6. The lowest BCUT2D eigenvalue weighted by Crippen LogP contribution is -2.47. The molecule has 1 aliphatic carbocycles. The van der Waals surface area contributed by atoms with Crippen molar-refractivity contribution in [2.45, 2.75) is 51.3 Å². The smallest absolute Gasteiger partial charge is 0.229 e. The molecule has 0 bridgehead atoms. The number of carbonyl (C=O) groups is 1. The van der Waals surface area contributed by atoms with Crippen molar-refractivity contribution < 1.29 is 4.79 Å². The van der Waals surface area contributed by atoms with Crippen LogP contribution in [0.3, 0.4) is 0 Å². The molecule has 18 heavy (non-hydrogen) atoms. The SMILES string of the molecule is CCCNC1CC(C)CC(C)C1SCC(=O)NC. The Hall–Kier alpha value is -0.220. The Labute approximate surface area is 116 Å². The van der Waals surface area contributed by atoms with E-state index in [9.17, 15) is 4.79 Å². The highest BCUT2D eigenvalue weighted by molar-refractivity contribution is 8.00. The first-order valence-corrected chi connectivity index (χ1v) is 8.18. The topological polar surface area (TPSA) is 41.1 Å². The Morgan fingerprint density at radius 1 is 1.33 bits per heavy atom. The highest BCUT2D eigenvalue weighted by atomic mass is 32.2. The van der Waals surface area contributed by atoms with Crippen molar-refractivity contribution in [1.29, 1.82) is 0 Å². The number of thioether (sulfide) groups is 1.